The average Bonchev–Trinajstić information content (AvgIpc) is 2.59. The molecule has 1 aromatic rings. The molecule has 1 saturated carbocycles. The molecule has 2 atom stereocenters. The molecule has 1 aliphatic heterocycles. The molecule has 23 heavy (non-hydrogen) atoms. The number of carbonyl (C=O) groups excluding carboxylic acids is 1. The predicted molar refractivity (Wildman–Crippen MR) is 88.8 cm³/mol. The quantitative estimate of drug-likeness (QED) is 0.486. The second kappa shape index (κ2) is 6.94. The van der Waals surface area contributed by atoms with Crippen molar-refractivity contribution in [3.05, 3.63) is 46.0 Å². The molecule has 122 valence electrons. The van der Waals surface area contributed by atoms with Crippen LogP contribution < -0.4 is 0 Å². The van der Waals surface area contributed by atoms with Crippen LogP contribution in [0, 0.1) is 22.0 Å². The number of nitro groups is 1. The van der Waals surface area contributed by atoms with E-state index in [4.69, 9.17) is 0 Å². The lowest BCUT2D eigenvalue weighted by Gasteiger charge is -2.41. The molecule has 1 saturated heterocycles. The summed E-state index contributed by atoms with van der Waals surface area (Å²) in [7, 11) is 0. The molecule has 0 aromatic heterocycles. The van der Waals surface area contributed by atoms with Crippen molar-refractivity contribution in [1.29, 1.82) is 0 Å². The molecule has 0 spiro atoms. The van der Waals surface area contributed by atoms with E-state index in [1.165, 1.54) is 37.8 Å². The third-order valence-corrected chi connectivity index (χ3v) is 5.10. The van der Waals surface area contributed by atoms with Crippen LogP contribution in [0.2, 0.25) is 0 Å². The van der Waals surface area contributed by atoms with E-state index in [-0.39, 0.29) is 11.6 Å². The topological polar surface area (TPSA) is 63.4 Å². The number of carbonyl (C=O) groups is 1. The number of hydrogen-bond donors (Lipinski definition) is 0. The maximum Gasteiger partial charge on any atom is 0.270 e. The summed E-state index contributed by atoms with van der Waals surface area (Å²) in [6.45, 7) is 1.70. The van der Waals surface area contributed by atoms with Crippen molar-refractivity contribution in [2.45, 2.75) is 32.1 Å². The van der Waals surface area contributed by atoms with E-state index in [0.717, 1.165) is 25.4 Å². The third-order valence-electron chi connectivity index (χ3n) is 5.10. The molecule has 2 aliphatic rings. The van der Waals surface area contributed by atoms with Gasteiger partial charge in [0, 0.05) is 31.3 Å². The molecular weight excluding hydrogens is 292 g/mol. The fourth-order valence-electron chi connectivity index (χ4n) is 3.82. The summed E-state index contributed by atoms with van der Waals surface area (Å²) in [5.74, 6) is 1.47. The van der Waals surface area contributed by atoms with Gasteiger partial charge in [-0.15, -0.1) is 0 Å². The lowest BCUT2D eigenvalue weighted by molar-refractivity contribution is -0.384. The Morgan fingerprint density at radius 2 is 2.00 bits per heavy atom. The molecule has 5 heteroatoms. The number of nitro benzene ring substituents is 1. The van der Waals surface area contributed by atoms with Gasteiger partial charge in [-0.05, 0) is 36.3 Å². The number of benzene rings is 1. The third kappa shape index (κ3) is 3.78. The lowest BCUT2D eigenvalue weighted by atomic mass is 9.75. The zero-order valence-electron chi connectivity index (χ0n) is 13.2. The number of rotatable bonds is 3. The van der Waals surface area contributed by atoms with Crippen LogP contribution in [0.1, 0.15) is 37.7 Å². The molecule has 1 heterocycles. The molecule has 3 rings (SSSR count). The Labute approximate surface area is 136 Å². The Morgan fingerprint density at radius 1 is 1.22 bits per heavy atom. The molecule has 1 amide bonds. The van der Waals surface area contributed by atoms with Crippen LogP contribution in [0.25, 0.3) is 6.08 Å². The van der Waals surface area contributed by atoms with E-state index in [1.807, 2.05) is 4.90 Å². The van der Waals surface area contributed by atoms with Gasteiger partial charge in [-0.2, -0.15) is 0 Å². The van der Waals surface area contributed by atoms with Crippen LogP contribution in [0.4, 0.5) is 5.69 Å². The van der Waals surface area contributed by atoms with E-state index in [9.17, 15) is 14.9 Å². The first-order valence-electron chi connectivity index (χ1n) is 8.35. The molecule has 0 radical (unpaired) electrons. The molecule has 5 nitrogen and oxygen atoms in total. The van der Waals surface area contributed by atoms with E-state index in [1.54, 1.807) is 24.3 Å². The van der Waals surface area contributed by atoms with Gasteiger partial charge >= 0.3 is 0 Å². The van der Waals surface area contributed by atoms with Crippen molar-refractivity contribution in [3.63, 3.8) is 0 Å². The Balaban J connectivity index is 1.62. The van der Waals surface area contributed by atoms with Crippen molar-refractivity contribution < 1.29 is 9.72 Å². The lowest BCUT2D eigenvalue weighted by Crippen LogP contribution is -2.44. The highest BCUT2D eigenvalue weighted by atomic mass is 16.6. The summed E-state index contributed by atoms with van der Waals surface area (Å²) in [5, 5.41) is 10.8. The molecular formula is C18H22N2O3. The number of fused-ring (bicyclic) bond motifs is 1. The van der Waals surface area contributed by atoms with Crippen molar-refractivity contribution in [3.8, 4) is 0 Å². The summed E-state index contributed by atoms with van der Waals surface area (Å²) < 4.78 is 0. The van der Waals surface area contributed by atoms with E-state index < -0.39 is 4.92 Å². The molecule has 0 N–H and O–H groups in total. The second-order valence-corrected chi connectivity index (χ2v) is 6.56. The van der Waals surface area contributed by atoms with Gasteiger partial charge in [0.05, 0.1) is 4.92 Å². The monoisotopic (exact) mass is 314 g/mol. The summed E-state index contributed by atoms with van der Waals surface area (Å²) in [5.41, 5.74) is 0.725. The summed E-state index contributed by atoms with van der Waals surface area (Å²) >= 11 is 0. The van der Waals surface area contributed by atoms with Crippen molar-refractivity contribution in [2.75, 3.05) is 13.1 Å². The number of likely N-dealkylation sites (tertiary alicyclic amines) is 1. The first-order chi connectivity index (χ1) is 11.1. The van der Waals surface area contributed by atoms with E-state index in [2.05, 4.69) is 0 Å². The van der Waals surface area contributed by atoms with Crippen LogP contribution in [0.3, 0.4) is 0 Å². The van der Waals surface area contributed by atoms with E-state index >= 15 is 0 Å². The Morgan fingerprint density at radius 3 is 2.78 bits per heavy atom. The second-order valence-electron chi connectivity index (χ2n) is 6.56. The predicted octanol–water partition coefficient (Wildman–Crippen LogP) is 3.65. The minimum Gasteiger partial charge on any atom is -0.339 e. The van der Waals surface area contributed by atoms with Gasteiger partial charge in [0.2, 0.25) is 5.91 Å². The van der Waals surface area contributed by atoms with Gasteiger partial charge < -0.3 is 4.90 Å². The largest absolute Gasteiger partial charge is 0.339 e. The normalized spacial score (nSPS) is 24.4. The van der Waals surface area contributed by atoms with Crippen LogP contribution >= 0.6 is 0 Å². The number of nitrogens with zero attached hydrogens (tertiary/aromatic N) is 2. The maximum atomic E-state index is 12.4. The summed E-state index contributed by atoms with van der Waals surface area (Å²) in [6.07, 6.45) is 9.50. The molecule has 1 aliphatic carbocycles. The Bertz CT molecular complexity index is 626. The fraction of sp³-hybridized carbons (Fsp3) is 0.500. The van der Waals surface area contributed by atoms with E-state index in [0.29, 0.717) is 11.5 Å². The van der Waals surface area contributed by atoms with Crippen molar-refractivity contribution in [1.82, 2.24) is 4.90 Å². The van der Waals surface area contributed by atoms with Crippen LogP contribution in [0.15, 0.2) is 30.3 Å². The Kier molecular flexibility index (Phi) is 4.74. The van der Waals surface area contributed by atoms with Gasteiger partial charge in [-0.1, -0.05) is 31.4 Å². The first-order valence-corrected chi connectivity index (χ1v) is 8.35. The fourth-order valence-corrected chi connectivity index (χ4v) is 3.82. The highest BCUT2D eigenvalue weighted by Crippen LogP contribution is 2.36. The van der Waals surface area contributed by atoms with Gasteiger partial charge in [-0.25, -0.2) is 0 Å². The summed E-state index contributed by atoms with van der Waals surface area (Å²) in [6, 6.07) is 6.34. The van der Waals surface area contributed by atoms with Crippen LogP contribution in [0.5, 0.6) is 0 Å². The standard InChI is InChI=1S/C18H22N2O3/c21-18(9-8-14-4-3-7-17(12-14)20(22)23)19-11-10-15-5-1-2-6-16(15)13-19/h3-4,7-9,12,15-16H,1-2,5-6,10-11,13H2/b9-8+/t15-,16-/m0/s1. The molecule has 0 bridgehead atoms. The SMILES string of the molecule is O=C(/C=C/c1cccc([N+](=O)[O-])c1)N1CC[C@@H]2CCCC[C@H]2C1. The first kappa shape index (κ1) is 15.7. The molecule has 0 unspecified atom stereocenters. The number of piperidine rings is 1. The van der Waals surface area contributed by atoms with Gasteiger partial charge in [0.15, 0.2) is 0 Å². The van der Waals surface area contributed by atoms with Crippen LogP contribution in [-0.2, 0) is 4.79 Å². The minimum atomic E-state index is -0.424. The summed E-state index contributed by atoms with van der Waals surface area (Å²) in [4.78, 5) is 24.7. The zero-order chi connectivity index (χ0) is 16.2. The van der Waals surface area contributed by atoms with Crippen molar-refractivity contribution in [2.24, 2.45) is 11.8 Å². The van der Waals surface area contributed by atoms with Gasteiger partial charge in [-0.3, -0.25) is 14.9 Å². The zero-order valence-corrected chi connectivity index (χ0v) is 13.2. The average molecular weight is 314 g/mol. The van der Waals surface area contributed by atoms with Gasteiger partial charge in [0.25, 0.3) is 5.69 Å². The van der Waals surface area contributed by atoms with Crippen LogP contribution in [-0.4, -0.2) is 28.8 Å². The Hall–Kier alpha value is -2.17. The number of non-ortho nitro benzene ring substituents is 1. The highest BCUT2D eigenvalue weighted by Gasteiger charge is 2.32. The number of hydrogen-bond acceptors (Lipinski definition) is 3. The maximum absolute atomic E-state index is 12.4. The minimum absolute atomic E-state index is 0.0144. The smallest absolute Gasteiger partial charge is 0.270 e. The molecule has 1 aromatic carbocycles. The molecule has 2 fully saturated rings. The number of amides is 1. The highest BCUT2D eigenvalue weighted by molar-refractivity contribution is 5.91. The van der Waals surface area contributed by atoms with Gasteiger partial charge in [0.1, 0.15) is 0 Å². The van der Waals surface area contributed by atoms with Crippen molar-refractivity contribution >= 4 is 17.7 Å².